The van der Waals surface area contributed by atoms with Gasteiger partial charge in [0.25, 0.3) is 0 Å². The van der Waals surface area contributed by atoms with Crippen LogP contribution in [0.3, 0.4) is 0 Å². The molecule has 4 atom stereocenters. The Hall–Kier alpha value is -2.70. The van der Waals surface area contributed by atoms with Crippen LogP contribution in [0.25, 0.3) is 0 Å². The summed E-state index contributed by atoms with van der Waals surface area (Å²) < 4.78 is 0. The molecule has 0 radical (unpaired) electrons. The van der Waals surface area contributed by atoms with E-state index in [4.69, 9.17) is 0 Å². The number of aliphatic carboxylic acids is 1. The lowest BCUT2D eigenvalue weighted by molar-refractivity contribution is -0.306. The van der Waals surface area contributed by atoms with E-state index in [1.807, 2.05) is 19.1 Å². The molecule has 28 heavy (non-hydrogen) atoms. The molecule has 0 aromatic heterocycles. The summed E-state index contributed by atoms with van der Waals surface area (Å²) in [6.07, 6.45) is 2.79. The fourth-order valence-corrected chi connectivity index (χ4v) is 4.20. The average Bonchev–Trinajstić information content (AvgIpc) is 2.92. The van der Waals surface area contributed by atoms with Crippen molar-refractivity contribution in [3.05, 3.63) is 35.4 Å². The number of rotatable bonds is 6. The predicted octanol–water partition coefficient (Wildman–Crippen LogP) is 0.856. The maximum atomic E-state index is 12.8. The largest absolute Gasteiger partial charge is 0.550 e. The number of hydrogen-bond acceptors (Lipinski definition) is 5. The number of hydrogen-bond donors (Lipinski definition) is 1. The Bertz CT molecular complexity index is 764. The van der Waals surface area contributed by atoms with Crippen LogP contribution in [0.15, 0.2) is 24.3 Å². The summed E-state index contributed by atoms with van der Waals surface area (Å²) in [7, 11) is 0. The van der Waals surface area contributed by atoms with Crippen molar-refractivity contribution < 1.29 is 24.3 Å². The first-order valence-electron chi connectivity index (χ1n) is 9.73. The number of nitrogens with zero attached hydrogens (tertiary/aromatic N) is 1. The van der Waals surface area contributed by atoms with Crippen LogP contribution in [0.2, 0.25) is 0 Å². The van der Waals surface area contributed by atoms with Gasteiger partial charge in [0.2, 0.25) is 17.7 Å². The van der Waals surface area contributed by atoms with Gasteiger partial charge in [-0.25, -0.2) is 0 Å². The molecule has 0 unspecified atom stereocenters. The van der Waals surface area contributed by atoms with E-state index in [9.17, 15) is 24.3 Å². The Morgan fingerprint density at radius 1 is 1.11 bits per heavy atom. The number of carboxylic acid groups (broad SMARTS) is 1. The molecule has 1 saturated carbocycles. The van der Waals surface area contributed by atoms with E-state index in [0.29, 0.717) is 18.4 Å². The van der Waals surface area contributed by atoms with Crippen molar-refractivity contribution in [3.63, 3.8) is 0 Å². The third kappa shape index (κ3) is 3.93. The molecule has 7 nitrogen and oxygen atoms in total. The number of carbonyl (C=O) groups is 4. The summed E-state index contributed by atoms with van der Waals surface area (Å²) >= 11 is 0. The molecule has 2 fully saturated rings. The summed E-state index contributed by atoms with van der Waals surface area (Å²) in [5.74, 6) is -3.07. The molecule has 1 aromatic carbocycles. The van der Waals surface area contributed by atoms with E-state index in [0.717, 1.165) is 23.3 Å². The highest BCUT2D eigenvalue weighted by molar-refractivity contribution is 6.08. The van der Waals surface area contributed by atoms with E-state index in [1.54, 1.807) is 12.1 Å². The molecule has 7 heteroatoms. The highest BCUT2D eigenvalue weighted by Gasteiger charge is 2.50. The van der Waals surface area contributed by atoms with E-state index in [2.05, 4.69) is 5.32 Å². The zero-order valence-corrected chi connectivity index (χ0v) is 16.1. The number of imide groups is 1. The standard InChI is InChI=1S/C21H26N2O5/c1-12-7-9-14(10-8-12)17(11-18(24)25)22-19(26)13(2)23-20(27)15-5-3-4-6-16(15)21(23)28/h7-10,13,15-17H,3-6,11H2,1-2H3,(H,22,26)(H,24,25)/p-1/t13-,15-,16+,17+/m1/s1. The Kier molecular flexibility index (Phi) is 5.82. The Morgan fingerprint density at radius 2 is 1.64 bits per heavy atom. The number of nitrogens with one attached hydrogen (secondary N) is 1. The minimum absolute atomic E-state index is 0.288. The molecule has 2 aliphatic rings. The zero-order valence-electron chi connectivity index (χ0n) is 16.1. The third-order valence-corrected chi connectivity index (χ3v) is 5.81. The molecule has 3 amide bonds. The van der Waals surface area contributed by atoms with Crippen molar-refractivity contribution in [3.8, 4) is 0 Å². The highest BCUT2D eigenvalue weighted by Crippen LogP contribution is 2.38. The first-order chi connectivity index (χ1) is 13.3. The average molecular weight is 385 g/mol. The number of aryl methyl sites for hydroxylation is 1. The Morgan fingerprint density at radius 3 is 2.14 bits per heavy atom. The molecule has 1 aromatic rings. The van der Waals surface area contributed by atoms with Crippen molar-refractivity contribution in [2.45, 2.75) is 58.0 Å². The molecule has 150 valence electrons. The molecule has 1 aliphatic carbocycles. The quantitative estimate of drug-likeness (QED) is 0.731. The van der Waals surface area contributed by atoms with Gasteiger partial charge in [-0.2, -0.15) is 0 Å². The third-order valence-electron chi connectivity index (χ3n) is 5.81. The SMILES string of the molecule is Cc1ccc([C@H](CC(=O)[O-])NC(=O)[C@@H](C)N2C(=O)[C@H]3CCCC[C@H]3C2=O)cc1. The van der Waals surface area contributed by atoms with Gasteiger partial charge in [0.15, 0.2) is 0 Å². The summed E-state index contributed by atoms with van der Waals surface area (Å²) in [4.78, 5) is 50.4. The molecular weight excluding hydrogens is 360 g/mol. The number of likely N-dealkylation sites (tertiary alicyclic amines) is 1. The lowest BCUT2D eigenvalue weighted by atomic mass is 9.81. The lowest BCUT2D eigenvalue weighted by Crippen LogP contribution is -2.49. The van der Waals surface area contributed by atoms with Crippen molar-refractivity contribution in [2.75, 3.05) is 0 Å². The molecule has 3 rings (SSSR count). The summed E-state index contributed by atoms with van der Waals surface area (Å²) in [6.45, 7) is 3.41. The fourth-order valence-electron chi connectivity index (χ4n) is 4.20. The second-order valence-corrected chi connectivity index (χ2v) is 7.77. The molecule has 0 bridgehead atoms. The first-order valence-corrected chi connectivity index (χ1v) is 9.73. The maximum Gasteiger partial charge on any atom is 0.243 e. The van der Waals surface area contributed by atoms with E-state index in [-0.39, 0.29) is 23.7 Å². The van der Waals surface area contributed by atoms with Gasteiger partial charge in [0.1, 0.15) is 6.04 Å². The van der Waals surface area contributed by atoms with Crippen LogP contribution in [-0.2, 0) is 19.2 Å². The molecule has 0 spiro atoms. The maximum absolute atomic E-state index is 12.8. The minimum Gasteiger partial charge on any atom is -0.550 e. The van der Waals surface area contributed by atoms with Gasteiger partial charge >= 0.3 is 0 Å². The molecule has 1 heterocycles. The molecule has 1 N–H and O–H groups in total. The summed E-state index contributed by atoms with van der Waals surface area (Å²) in [5, 5.41) is 13.8. The van der Waals surface area contributed by atoms with Crippen LogP contribution in [0.4, 0.5) is 0 Å². The smallest absolute Gasteiger partial charge is 0.243 e. The first kappa shape index (κ1) is 20.0. The van der Waals surface area contributed by atoms with Gasteiger partial charge in [0.05, 0.1) is 17.9 Å². The molecule has 1 saturated heterocycles. The molecular formula is C21H25N2O5-. The summed E-state index contributed by atoms with van der Waals surface area (Å²) in [6, 6.07) is 5.36. The van der Waals surface area contributed by atoms with E-state index in [1.165, 1.54) is 6.92 Å². The van der Waals surface area contributed by atoms with Gasteiger partial charge in [-0.1, -0.05) is 42.7 Å². The van der Waals surface area contributed by atoms with Gasteiger partial charge in [-0.15, -0.1) is 0 Å². The van der Waals surface area contributed by atoms with Gasteiger partial charge in [-0.05, 0) is 32.3 Å². The zero-order chi connectivity index (χ0) is 20.4. The minimum atomic E-state index is -1.29. The van der Waals surface area contributed by atoms with Crippen LogP contribution in [0, 0.1) is 18.8 Å². The number of amides is 3. The number of carbonyl (C=O) groups excluding carboxylic acids is 4. The summed E-state index contributed by atoms with van der Waals surface area (Å²) in [5.41, 5.74) is 1.63. The van der Waals surface area contributed by atoms with Crippen LogP contribution >= 0.6 is 0 Å². The number of fused-ring (bicyclic) bond motifs is 1. The lowest BCUT2D eigenvalue weighted by Gasteiger charge is -2.26. The number of carboxylic acids is 1. The second kappa shape index (κ2) is 8.12. The Labute approximate surface area is 164 Å². The highest BCUT2D eigenvalue weighted by atomic mass is 16.4. The fraction of sp³-hybridized carbons (Fsp3) is 0.524. The van der Waals surface area contributed by atoms with Crippen LogP contribution in [-0.4, -0.2) is 34.6 Å². The second-order valence-electron chi connectivity index (χ2n) is 7.77. The van der Waals surface area contributed by atoms with Crippen molar-refractivity contribution in [1.29, 1.82) is 0 Å². The predicted molar refractivity (Wildman–Crippen MR) is 98.4 cm³/mol. The van der Waals surface area contributed by atoms with Crippen molar-refractivity contribution >= 4 is 23.7 Å². The molecule has 1 aliphatic heterocycles. The van der Waals surface area contributed by atoms with E-state index < -0.39 is 30.4 Å². The topological polar surface area (TPSA) is 107 Å². The van der Waals surface area contributed by atoms with Gasteiger partial charge in [-0.3, -0.25) is 19.3 Å². The monoisotopic (exact) mass is 385 g/mol. The van der Waals surface area contributed by atoms with Crippen LogP contribution < -0.4 is 10.4 Å². The van der Waals surface area contributed by atoms with Gasteiger partial charge in [0, 0.05) is 12.4 Å². The normalized spacial score (nSPS) is 23.9. The van der Waals surface area contributed by atoms with Crippen LogP contribution in [0.1, 0.15) is 56.2 Å². The van der Waals surface area contributed by atoms with E-state index >= 15 is 0 Å². The van der Waals surface area contributed by atoms with Crippen molar-refractivity contribution in [2.24, 2.45) is 11.8 Å². The van der Waals surface area contributed by atoms with Crippen LogP contribution in [0.5, 0.6) is 0 Å². The number of benzene rings is 1. The Balaban J connectivity index is 1.75. The van der Waals surface area contributed by atoms with Gasteiger partial charge < -0.3 is 15.2 Å². The van der Waals surface area contributed by atoms with Crippen molar-refractivity contribution in [1.82, 2.24) is 10.2 Å².